The van der Waals surface area contributed by atoms with Gasteiger partial charge in [-0.15, -0.1) is 30.0 Å². The Hall–Kier alpha value is -3.11. The number of hydrogen-bond donors (Lipinski definition) is 0. The minimum atomic E-state index is -0.489. The van der Waals surface area contributed by atoms with Gasteiger partial charge in [-0.2, -0.15) is 18.8 Å². The molecule has 0 aliphatic carbocycles. The van der Waals surface area contributed by atoms with Crippen LogP contribution >= 0.6 is 0 Å². The molecule has 0 radical (unpaired) electrons. The summed E-state index contributed by atoms with van der Waals surface area (Å²) >= 11 is 0. The number of hydrogen-bond acceptors (Lipinski definition) is 5. The van der Waals surface area contributed by atoms with Crippen LogP contribution in [0.3, 0.4) is 0 Å². The van der Waals surface area contributed by atoms with E-state index in [0.717, 1.165) is 34.1 Å². The molecule has 3 aromatic heterocycles. The van der Waals surface area contributed by atoms with Crippen molar-refractivity contribution in [1.82, 2.24) is 19.3 Å². The average Bonchev–Trinajstić information content (AvgIpc) is 3.45. The van der Waals surface area contributed by atoms with E-state index in [1.54, 1.807) is 0 Å². The zero-order valence-electron chi connectivity index (χ0n) is 28.2. The van der Waals surface area contributed by atoms with Gasteiger partial charge in [-0.1, -0.05) is 68.0 Å². The van der Waals surface area contributed by atoms with E-state index in [1.165, 1.54) is 17.0 Å². The molecule has 5 rings (SSSR count). The fraction of sp³-hybridized carbons (Fsp3) is 0.432. The molecular formula is C37H46N5OPt-3. The molecular weight excluding hydrogens is 726 g/mol. The first kappa shape index (κ1) is 33.8. The van der Waals surface area contributed by atoms with E-state index in [2.05, 4.69) is 128 Å². The van der Waals surface area contributed by atoms with Gasteiger partial charge in [0.2, 0.25) is 0 Å². The summed E-state index contributed by atoms with van der Waals surface area (Å²) in [7, 11) is 2.06. The van der Waals surface area contributed by atoms with Crippen LogP contribution in [0.1, 0.15) is 116 Å². The zero-order chi connectivity index (χ0) is 31.4. The minimum Gasteiger partial charge on any atom is -0.521 e. The van der Waals surface area contributed by atoms with Crippen LogP contribution in [0.4, 0.5) is 5.69 Å². The summed E-state index contributed by atoms with van der Waals surface area (Å²) in [6.45, 7) is 26.4. The molecule has 0 bridgehead atoms. The number of allylic oxidation sites excluding steroid dienone is 2. The van der Waals surface area contributed by atoms with E-state index in [4.69, 9.17) is 14.7 Å². The van der Waals surface area contributed by atoms with Gasteiger partial charge in [0.15, 0.2) is 0 Å². The topological polar surface area (TPSA) is 45.9 Å². The Morgan fingerprint density at radius 3 is 2.18 bits per heavy atom. The van der Waals surface area contributed by atoms with Gasteiger partial charge in [0.25, 0.3) is 0 Å². The maximum absolute atomic E-state index is 6.54. The third kappa shape index (κ3) is 6.20. The van der Waals surface area contributed by atoms with Crippen LogP contribution < -0.4 is 9.64 Å². The largest absolute Gasteiger partial charge is 0.521 e. The molecule has 0 saturated heterocycles. The number of ether oxygens (including phenoxy) is 1. The van der Waals surface area contributed by atoms with Gasteiger partial charge in [0.05, 0.1) is 17.0 Å². The quantitative estimate of drug-likeness (QED) is 0.176. The van der Waals surface area contributed by atoms with E-state index in [9.17, 15) is 0 Å². The fourth-order valence-corrected chi connectivity index (χ4v) is 5.73. The number of benzene rings is 1. The number of pyridine rings is 2. The number of imidazole rings is 1. The predicted octanol–water partition coefficient (Wildman–Crippen LogP) is 9.11. The van der Waals surface area contributed by atoms with E-state index in [-0.39, 0.29) is 38.3 Å². The van der Waals surface area contributed by atoms with Crippen molar-refractivity contribution in [3.05, 3.63) is 101 Å². The van der Waals surface area contributed by atoms with Crippen molar-refractivity contribution in [2.75, 3.05) is 11.9 Å². The van der Waals surface area contributed by atoms with Crippen LogP contribution in [0.2, 0.25) is 0 Å². The van der Waals surface area contributed by atoms with Crippen molar-refractivity contribution in [2.24, 2.45) is 0 Å². The van der Waals surface area contributed by atoms with Gasteiger partial charge in [-0.3, -0.25) is 9.97 Å². The molecule has 0 unspecified atom stereocenters. The minimum absolute atomic E-state index is 0. The summed E-state index contributed by atoms with van der Waals surface area (Å²) in [5.41, 5.74) is 9.20. The molecule has 1 aliphatic heterocycles. The first-order valence-corrected chi connectivity index (χ1v) is 15.3. The monoisotopic (exact) mass is 771 g/mol. The third-order valence-corrected chi connectivity index (χ3v) is 8.58. The Kier molecular flexibility index (Phi) is 9.48. The molecule has 4 aromatic rings. The Balaban J connectivity index is 0.00000442. The second-order valence-corrected chi connectivity index (χ2v) is 13.9. The van der Waals surface area contributed by atoms with Crippen LogP contribution in [-0.2, 0) is 31.9 Å². The molecule has 0 N–H and O–H groups in total. The Bertz CT molecular complexity index is 1690. The molecule has 0 spiro atoms. The SMILES string of the molecule is CC1=C(C)N(c2[c-]c(Oc3[c-]c(C(C)(C)c4cc(C(C)(C)C)ccn4)n4c(C(C)C)c(C(C)C)nc4c3)ccc2)[CH-]N1C.[Pt]. The molecule has 1 aromatic carbocycles. The molecule has 7 heteroatoms. The molecule has 0 saturated carbocycles. The maximum Gasteiger partial charge on any atom is 0.0635 e. The molecule has 44 heavy (non-hydrogen) atoms. The molecule has 0 atom stereocenters. The first-order chi connectivity index (χ1) is 20.1. The maximum atomic E-state index is 6.54. The Morgan fingerprint density at radius 1 is 0.886 bits per heavy atom. The molecule has 0 fully saturated rings. The van der Waals surface area contributed by atoms with E-state index >= 15 is 0 Å². The number of aromatic nitrogens is 3. The molecule has 0 amide bonds. The van der Waals surface area contributed by atoms with Gasteiger partial charge in [-0.25, -0.2) is 0 Å². The molecule has 4 heterocycles. The normalized spacial score (nSPS) is 14.3. The summed E-state index contributed by atoms with van der Waals surface area (Å²) in [4.78, 5) is 14.3. The van der Waals surface area contributed by atoms with E-state index in [0.29, 0.717) is 11.5 Å². The number of anilines is 1. The molecule has 6 nitrogen and oxygen atoms in total. The van der Waals surface area contributed by atoms with Gasteiger partial charge in [0.1, 0.15) is 0 Å². The summed E-state index contributed by atoms with van der Waals surface area (Å²) in [5.74, 6) is 1.79. The van der Waals surface area contributed by atoms with Crippen LogP contribution in [0, 0.1) is 18.8 Å². The third-order valence-electron chi connectivity index (χ3n) is 8.58. The van der Waals surface area contributed by atoms with E-state index < -0.39 is 5.41 Å². The number of rotatable bonds is 7. The van der Waals surface area contributed by atoms with Crippen LogP contribution in [-0.4, -0.2) is 26.3 Å². The number of nitrogens with zero attached hydrogens (tertiary/aromatic N) is 5. The van der Waals surface area contributed by atoms with Crippen molar-refractivity contribution < 1.29 is 25.8 Å². The summed E-state index contributed by atoms with van der Waals surface area (Å²) < 4.78 is 8.84. The Labute approximate surface area is 278 Å². The zero-order valence-corrected chi connectivity index (χ0v) is 30.5. The summed E-state index contributed by atoms with van der Waals surface area (Å²) in [5, 5.41) is 0. The second-order valence-electron chi connectivity index (χ2n) is 13.9. The van der Waals surface area contributed by atoms with Crippen LogP contribution in [0.25, 0.3) is 5.65 Å². The molecule has 238 valence electrons. The summed E-state index contributed by atoms with van der Waals surface area (Å²) in [6.07, 6.45) is 1.93. The predicted molar refractivity (Wildman–Crippen MR) is 176 cm³/mol. The van der Waals surface area contributed by atoms with Gasteiger partial charge in [-0.05, 0) is 67.3 Å². The van der Waals surface area contributed by atoms with Crippen molar-refractivity contribution in [2.45, 2.75) is 98.8 Å². The molecule has 1 aliphatic rings. The van der Waals surface area contributed by atoms with Crippen LogP contribution in [0.15, 0.2) is 54.0 Å². The average molecular weight is 772 g/mol. The smallest absolute Gasteiger partial charge is 0.0635 e. The second kappa shape index (κ2) is 12.4. The summed E-state index contributed by atoms with van der Waals surface area (Å²) in [6, 6.07) is 19.5. The van der Waals surface area contributed by atoms with Gasteiger partial charge < -0.3 is 18.9 Å². The Morgan fingerprint density at radius 2 is 1.59 bits per heavy atom. The van der Waals surface area contributed by atoms with Crippen molar-refractivity contribution >= 4 is 11.3 Å². The van der Waals surface area contributed by atoms with E-state index in [1.807, 2.05) is 30.5 Å². The first-order valence-electron chi connectivity index (χ1n) is 15.3. The fourth-order valence-electron chi connectivity index (χ4n) is 5.73. The van der Waals surface area contributed by atoms with Gasteiger partial charge >= 0.3 is 0 Å². The standard InChI is InChI=1S/C37H46N5O.Pt/c1-23(2)34-35(24(3)4)42-32(37(10,11)31-18-27(16-17-38-31)36(7,8)9)20-30(21-33(42)39-34)43-29-15-13-14-28(19-29)41-22-40(12)25(5)26(41)6;/h13-18,21-24H,1-12H3;/q-3;. The van der Waals surface area contributed by atoms with Crippen LogP contribution in [0.5, 0.6) is 11.5 Å². The number of fused-ring (bicyclic) bond motifs is 1. The van der Waals surface area contributed by atoms with Gasteiger partial charge in [0, 0.05) is 49.8 Å². The van der Waals surface area contributed by atoms with Crippen molar-refractivity contribution in [3.8, 4) is 11.5 Å². The van der Waals surface area contributed by atoms with Crippen molar-refractivity contribution in [3.63, 3.8) is 0 Å². The van der Waals surface area contributed by atoms with Crippen molar-refractivity contribution in [1.29, 1.82) is 0 Å².